The molecule has 0 aliphatic carbocycles. The van der Waals surface area contributed by atoms with Crippen LogP contribution in [0.4, 0.5) is 0 Å². The Morgan fingerprint density at radius 3 is 2.35 bits per heavy atom. The topological polar surface area (TPSA) is 99.5 Å². The SMILES string of the molecule is CCOc1cc(C2/C(=C(/O)c3ccc(OC(C)C)c(C)c3)C(=O)C(=O)N2CCN(CC)CC)ccc1O. The molecule has 8 nitrogen and oxygen atoms in total. The van der Waals surface area contributed by atoms with E-state index in [4.69, 9.17) is 9.47 Å². The number of Topliss-reactive ketones (excluding diaryl/α,β-unsaturated/α-hetero) is 1. The zero-order valence-electron chi connectivity index (χ0n) is 22.6. The van der Waals surface area contributed by atoms with Crippen LogP contribution in [0.15, 0.2) is 42.0 Å². The van der Waals surface area contributed by atoms with Crippen LogP contribution >= 0.6 is 0 Å². The van der Waals surface area contributed by atoms with Crippen LogP contribution < -0.4 is 9.47 Å². The molecule has 37 heavy (non-hydrogen) atoms. The predicted molar refractivity (Wildman–Crippen MR) is 143 cm³/mol. The number of rotatable bonds is 11. The van der Waals surface area contributed by atoms with Crippen molar-refractivity contribution in [3.63, 3.8) is 0 Å². The Morgan fingerprint density at radius 1 is 1.05 bits per heavy atom. The zero-order chi connectivity index (χ0) is 27.3. The number of ether oxygens (including phenoxy) is 2. The van der Waals surface area contributed by atoms with Gasteiger partial charge in [-0.2, -0.15) is 0 Å². The number of aliphatic hydroxyl groups is 1. The molecule has 1 atom stereocenters. The summed E-state index contributed by atoms with van der Waals surface area (Å²) in [5, 5.41) is 21.6. The number of carbonyl (C=O) groups excluding carboxylic acids is 2. The Hall–Kier alpha value is -3.52. The molecule has 0 spiro atoms. The molecule has 0 bridgehead atoms. The van der Waals surface area contributed by atoms with Gasteiger partial charge in [0.25, 0.3) is 11.7 Å². The number of amides is 1. The average molecular weight is 511 g/mol. The molecule has 1 heterocycles. The number of phenols is 1. The molecule has 1 unspecified atom stereocenters. The quantitative estimate of drug-likeness (QED) is 0.258. The molecule has 2 aromatic rings. The molecule has 3 rings (SSSR count). The second kappa shape index (κ2) is 12.1. The number of likely N-dealkylation sites (tertiary alicyclic amines) is 1. The first kappa shape index (κ1) is 28.1. The average Bonchev–Trinajstić information content (AvgIpc) is 3.11. The maximum absolute atomic E-state index is 13.3. The molecule has 1 amide bonds. The van der Waals surface area contributed by atoms with Crippen molar-refractivity contribution < 1.29 is 29.3 Å². The van der Waals surface area contributed by atoms with Gasteiger partial charge in [0.1, 0.15) is 11.5 Å². The molecular weight excluding hydrogens is 472 g/mol. The Labute approximate surface area is 219 Å². The van der Waals surface area contributed by atoms with E-state index < -0.39 is 17.7 Å². The minimum atomic E-state index is -0.831. The fourth-order valence-corrected chi connectivity index (χ4v) is 4.56. The van der Waals surface area contributed by atoms with E-state index in [1.807, 2.05) is 34.6 Å². The second-order valence-corrected chi connectivity index (χ2v) is 9.33. The van der Waals surface area contributed by atoms with Gasteiger partial charge < -0.3 is 29.5 Å². The van der Waals surface area contributed by atoms with Crippen molar-refractivity contribution >= 4 is 17.4 Å². The molecule has 0 radical (unpaired) electrons. The number of aliphatic hydroxyl groups excluding tert-OH is 1. The summed E-state index contributed by atoms with van der Waals surface area (Å²) >= 11 is 0. The van der Waals surface area contributed by atoms with E-state index >= 15 is 0 Å². The van der Waals surface area contributed by atoms with E-state index in [1.54, 1.807) is 37.3 Å². The number of hydrogen-bond donors (Lipinski definition) is 2. The monoisotopic (exact) mass is 510 g/mol. The predicted octanol–water partition coefficient (Wildman–Crippen LogP) is 4.65. The fraction of sp³-hybridized carbons (Fsp3) is 0.448. The highest BCUT2D eigenvalue weighted by atomic mass is 16.5. The van der Waals surface area contributed by atoms with Crippen molar-refractivity contribution in [2.45, 2.75) is 53.7 Å². The summed E-state index contributed by atoms with van der Waals surface area (Å²) < 4.78 is 11.4. The minimum absolute atomic E-state index is 0.00890. The normalized spacial score (nSPS) is 17.2. The lowest BCUT2D eigenvalue weighted by Gasteiger charge is -2.28. The van der Waals surface area contributed by atoms with Gasteiger partial charge in [-0.3, -0.25) is 9.59 Å². The molecule has 1 aliphatic rings. The van der Waals surface area contributed by atoms with Gasteiger partial charge in [-0.15, -0.1) is 0 Å². The highest BCUT2D eigenvalue weighted by Crippen LogP contribution is 2.42. The lowest BCUT2D eigenvalue weighted by Crippen LogP contribution is -2.38. The molecule has 0 aromatic heterocycles. The van der Waals surface area contributed by atoms with E-state index in [2.05, 4.69) is 4.90 Å². The van der Waals surface area contributed by atoms with Gasteiger partial charge >= 0.3 is 0 Å². The van der Waals surface area contributed by atoms with Crippen LogP contribution in [0.1, 0.15) is 57.4 Å². The van der Waals surface area contributed by atoms with E-state index in [0.717, 1.165) is 18.7 Å². The summed E-state index contributed by atoms with van der Waals surface area (Å²) in [6, 6.07) is 9.10. The molecular formula is C29H38N2O6. The fourth-order valence-electron chi connectivity index (χ4n) is 4.56. The van der Waals surface area contributed by atoms with Crippen LogP contribution in [0.25, 0.3) is 5.76 Å². The van der Waals surface area contributed by atoms with Crippen molar-refractivity contribution in [1.29, 1.82) is 0 Å². The highest BCUT2D eigenvalue weighted by Gasteiger charge is 2.46. The number of carbonyl (C=O) groups is 2. The highest BCUT2D eigenvalue weighted by molar-refractivity contribution is 6.46. The Kier molecular flexibility index (Phi) is 9.21. The summed E-state index contributed by atoms with van der Waals surface area (Å²) in [5.74, 6) is -0.765. The van der Waals surface area contributed by atoms with Crippen LogP contribution in [-0.2, 0) is 9.59 Å². The van der Waals surface area contributed by atoms with Gasteiger partial charge in [0.05, 0.1) is 24.3 Å². The van der Waals surface area contributed by atoms with E-state index in [0.29, 0.717) is 36.6 Å². The molecule has 1 saturated heterocycles. The molecule has 8 heteroatoms. The Morgan fingerprint density at radius 2 is 1.76 bits per heavy atom. The summed E-state index contributed by atoms with van der Waals surface area (Å²) in [6.45, 7) is 14.4. The maximum atomic E-state index is 13.3. The van der Waals surface area contributed by atoms with Gasteiger partial charge in [-0.05, 0) is 82.2 Å². The van der Waals surface area contributed by atoms with Gasteiger partial charge in [0.2, 0.25) is 0 Å². The molecule has 2 aromatic carbocycles. The van der Waals surface area contributed by atoms with Crippen molar-refractivity contribution in [2.24, 2.45) is 0 Å². The second-order valence-electron chi connectivity index (χ2n) is 9.33. The number of hydrogen-bond acceptors (Lipinski definition) is 7. The smallest absolute Gasteiger partial charge is 0.295 e. The minimum Gasteiger partial charge on any atom is -0.507 e. The van der Waals surface area contributed by atoms with Crippen molar-refractivity contribution in [3.8, 4) is 17.2 Å². The number of aromatic hydroxyl groups is 1. The first-order valence-electron chi connectivity index (χ1n) is 12.9. The first-order valence-corrected chi connectivity index (χ1v) is 12.9. The molecule has 2 N–H and O–H groups in total. The van der Waals surface area contributed by atoms with Crippen LogP contribution in [0.2, 0.25) is 0 Å². The number of phenolic OH excluding ortho intramolecular Hbond substituents is 1. The van der Waals surface area contributed by atoms with E-state index in [-0.39, 0.29) is 28.9 Å². The van der Waals surface area contributed by atoms with Gasteiger partial charge in [0, 0.05) is 18.7 Å². The van der Waals surface area contributed by atoms with E-state index in [1.165, 1.54) is 11.0 Å². The van der Waals surface area contributed by atoms with Crippen LogP contribution in [-0.4, -0.2) is 70.6 Å². The molecule has 200 valence electrons. The van der Waals surface area contributed by atoms with E-state index in [9.17, 15) is 19.8 Å². The Bertz CT molecular complexity index is 1170. The number of ketones is 1. The largest absolute Gasteiger partial charge is 0.507 e. The van der Waals surface area contributed by atoms with Crippen LogP contribution in [0.5, 0.6) is 17.2 Å². The summed E-state index contributed by atoms with van der Waals surface area (Å²) in [4.78, 5) is 30.3. The van der Waals surface area contributed by atoms with Crippen molar-refractivity contribution in [1.82, 2.24) is 9.80 Å². The lowest BCUT2D eigenvalue weighted by atomic mass is 9.94. The van der Waals surface area contributed by atoms with Crippen molar-refractivity contribution in [2.75, 3.05) is 32.8 Å². The molecule has 1 fully saturated rings. The molecule has 0 saturated carbocycles. The van der Waals surface area contributed by atoms with Crippen LogP contribution in [0, 0.1) is 6.92 Å². The Balaban J connectivity index is 2.14. The maximum Gasteiger partial charge on any atom is 0.295 e. The van der Waals surface area contributed by atoms with Gasteiger partial charge in [-0.25, -0.2) is 0 Å². The molecule has 1 aliphatic heterocycles. The van der Waals surface area contributed by atoms with Crippen LogP contribution in [0.3, 0.4) is 0 Å². The first-order chi connectivity index (χ1) is 17.6. The third-order valence-electron chi connectivity index (χ3n) is 6.50. The third-order valence-corrected chi connectivity index (χ3v) is 6.50. The standard InChI is InChI=1S/C29H38N2O6/c1-7-30(8-2)14-15-31-26(20-10-12-22(32)24(17-20)36-9-3)25(28(34)29(31)35)27(33)21-11-13-23(19(6)16-21)37-18(4)5/h10-13,16-18,26,32-33H,7-9,14-15H2,1-6H3/b27-25-. The summed E-state index contributed by atoms with van der Waals surface area (Å²) in [6.07, 6.45) is -0.0108. The number of likely N-dealkylation sites (N-methyl/N-ethyl adjacent to an activating group) is 1. The number of nitrogens with zero attached hydrogens (tertiary/aromatic N) is 2. The number of aryl methyl sites for hydroxylation is 1. The number of benzene rings is 2. The van der Waals surface area contributed by atoms with Crippen molar-refractivity contribution in [3.05, 3.63) is 58.7 Å². The lowest BCUT2D eigenvalue weighted by molar-refractivity contribution is -0.140. The van der Waals surface area contributed by atoms with Gasteiger partial charge in [0.15, 0.2) is 11.5 Å². The summed E-state index contributed by atoms with van der Waals surface area (Å²) in [7, 11) is 0. The summed E-state index contributed by atoms with van der Waals surface area (Å²) in [5.41, 5.74) is 1.80. The zero-order valence-corrected chi connectivity index (χ0v) is 22.6. The van der Waals surface area contributed by atoms with Gasteiger partial charge in [-0.1, -0.05) is 19.9 Å². The third kappa shape index (κ3) is 6.07.